The third-order valence-corrected chi connectivity index (χ3v) is 5.29. The van der Waals surface area contributed by atoms with Crippen molar-refractivity contribution in [2.75, 3.05) is 7.11 Å². The molecule has 0 radical (unpaired) electrons. The van der Waals surface area contributed by atoms with Gasteiger partial charge < -0.3 is 14.6 Å². The van der Waals surface area contributed by atoms with Crippen molar-refractivity contribution in [3.8, 4) is 5.75 Å². The summed E-state index contributed by atoms with van der Waals surface area (Å²) in [5, 5.41) is 5.01. The van der Waals surface area contributed by atoms with Crippen molar-refractivity contribution in [3.05, 3.63) is 83.1 Å². The average molecular weight is 377 g/mol. The van der Waals surface area contributed by atoms with E-state index in [-0.39, 0.29) is 5.91 Å². The molecule has 0 aliphatic carbocycles. The monoisotopic (exact) mass is 377 g/mol. The first kappa shape index (κ1) is 17.3. The quantitative estimate of drug-likeness (QED) is 0.551. The van der Waals surface area contributed by atoms with Crippen LogP contribution < -0.4 is 10.1 Å². The van der Waals surface area contributed by atoms with Crippen molar-refractivity contribution in [3.63, 3.8) is 0 Å². The lowest BCUT2D eigenvalue weighted by molar-refractivity contribution is 0.0942. The third kappa shape index (κ3) is 3.57. The molecule has 0 unspecified atom stereocenters. The molecule has 0 bridgehead atoms. The summed E-state index contributed by atoms with van der Waals surface area (Å²) in [4.78, 5) is 17.1. The van der Waals surface area contributed by atoms with Crippen molar-refractivity contribution < 1.29 is 9.53 Å². The van der Waals surface area contributed by atoms with E-state index >= 15 is 0 Å². The zero-order chi connectivity index (χ0) is 18.6. The highest BCUT2D eigenvalue weighted by Crippen LogP contribution is 2.28. The maximum Gasteiger partial charge on any atom is 0.268 e. The van der Waals surface area contributed by atoms with E-state index in [4.69, 9.17) is 4.74 Å². The summed E-state index contributed by atoms with van der Waals surface area (Å²) < 4.78 is 8.60. The normalized spacial score (nSPS) is 10.9. The van der Waals surface area contributed by atoms with Gasteiger partial charge >= 0.3 is 0 Å². The predicted octanol–water partition coefficient (Wildman–Crippen LogP) is 4.08. The Labute approximate surface area is 161 Å². The molecule has 0 aliphatic rings. The van der Waals surface area contributed by atoms with Crippen LogP contribution in [-0.2, 0) is 13.1 Å². The minimum Gasteiger partial charge on any atom is -0.496 e. The molecule has 136 valence electrons. The Hall–Kier alpha value is -3.12. The fourth-order valence-corrected chi connectivity index (χ4v) is 3.93. The van der Waals surface area contributed by atoms with Gasteiger partial charge in [0.1, 0.15) is 11.4 Å². The number of nitrogens with zero attached hydrogens (tertiary/aromatic N) is 2. The van der Waals surface area contributed by atoms with Crippen LogP contribution in [0.15, 0.2) is 66.2 Å². The summed E-state index contributed by atoms with van der Waals surface area (Å²) in [5.41, 5.74) is 3.55. The number of rotatable bonds is 6. The number of amides is 1. The van der Waals surface area contributed by atoms with Gasteiger partial charge in [-0.1, -0.05) is 24.3 Å². The average Bonchev–Trinajstić information content (AvgIpc) is 3.30. The number of carbonyl (C=O) groups is 1. The van der Waals surface area contributed by atoms with Gasteiger partial charge in [0.25, 0.3) is 5.91 Å². The highest BCUT2D eigenvalue weighted by atomic mass is 32.1. The number of pyridine rings is 1. The van der Waals surface area contributed by atoms with Crippen LogP contribution in [0.5, 0.6) is 5.75 Å². The Morgan fingerprint density at radius 2 is 2.04 bits per heavy atom. The smallest absolute Gasteiger partial charge is 0.268 e. The summed E-state index contributed by atoms with van der Waals surface area (Å²) in [6.07, 6.45) is 1.72. The topological polar surface area (TPSA) is 56.1 Å². The molecule has 4 rings (SSSR count). The fourth-order valence-electron chi connectivity index (χ4n) is 3.10. The Bertz CT molecular complexity index is 1070. The molecule has 0 fully saturated rings. The lowest BCUT2D eigenvalue weighted by atomic mass is 10.2. The molecule has 1 aromatic carbocycles. The number of hydrogen-bond acceptors (Lipinski definition) is 4. The van der Waals surface area contributed by atoms with Crippen LogP contribution in [0.1, 0.15) is 21.7 Å². The van der Waals surface area contributed by atoms with Crippen molar-refractivity contribution in [2.24, 2.45) is 0 Å². The first-order chi connectivity index (χ1) is 13.3. The zero-order valence-electron chi connectivity index (χ0n) is 14.9. The van der Waals surface area contributed by atoms with Crippen molar-refractivity contribution in [1.29, 1.82) is 0 Å². The number of para-hydroxylation sites is 1. The second kappa shape index (κ2) is 7.63. The molecular weight excluding hydrogens is 358 g/mol. The fraction of sp³-hybridized carbons (Fsp3) is 0.143. The predicted molar refractivity (Wildman–Crippen MR) is 107 cm³/mol. The Morgan fingerprint density at radius 1 is 1.19 bits per heavy atom. The molecule has 0 atom stereocenters. The molecule has 4 aromatic rings. The number of aromatic nitrogens is 2. The van der Waals surface area contributed by atoms with Gasteiger partial charge in [-0.05, 0) is 35.7 Å². The van der Waals surface area contributed by atoms with E-state index < -0.39 is 0 Å². The number of methoxy groups -OCH3 is 1. The molecule has 1 N–H and O–H groups in total. The highest BCUT2D eigenvalue weighted by Gasteiger charge is 2.17. The minimum atomic E-state index is -0.112. The second-order valence-electron chi connectivity index (χ2n) is 6.10. The van der Waals surface area contributed by atoms with Gasteiger partial charge in [-0.25, -0.2) is 0 Å². The maximum absolute atomic E-state index is 12.9. The molecule has 1 amide bonds. The van der Waals surface area contributed by atoms with Gasteiger partial charge in [0, 0.05) is 11.8 Å². The van der Waals surface area contributed by atoms with E-state index in [1.54, 1.807) is 24.6 Å². The maximum atomic E-state index is 12.9. The van der Waals surface area contributed by atoms with E-state index in [9.17, 15) is 4.79 Å². The van der Waals surface area contributed by atoms with Crippen LogP contribution in [0.2, 0.25) is 0 Å². The summed E-state index contributed by atoms with van der Waals surface area (Å²) in [6.45, 7) is 0.962. The molecule has 0 spiro atoms. The molecule has 6 heteroatoms. The highest BCUT2D eigenvalue weighted by molar-refractivity contribution is 7.17. The van der Waals surface area contributed by atoms with E-state index in [1.165, 1.54) is 0 Å². The van der Waals surface area contributed by atoms with Gasteiger partial charge in [-0.2, -0.15) is 0 Å². The molecular formula is C21H19N3O2S. The molecule has 0 saturated carbocycles. The minimum absolute atomic E-state index is 0.112. The van der Waals surface area contributed by atoms with Gasteiger partial charge in [-0.15, -0.1) is 11.3 Å². The second-order valence-corrected chi connectivity index (χ2v) is 7.05. The standard InChI is InChI=1S/C21H19N3O2S/c1-26-19-8-3-2-6-15(19)14-24-17-9-11-27-20(17)12-18(24)21(25)23-13-16-7-4-5-10-22-16/h2-12H,13-14H2,1H3,(H,23,25). The lowest BCUT2D eigenvalue weighted by Gasteiger charge is -2.13. The molecule has 27 heavy (non-hydrogen) atoms. The van der Waals surface area contributed by atoms with Crippen LogP contribution in [-0.4, -0.2) is 22.6 Å². The van der Waals surface area contributed by atoms with Crippen LogP contribution in [0, 0.1) is 0 Å². The van der Waals surface area contributed by atoms with Crippen LogP contribution in [0.4, 0.5) is 0 Å². The summed E-state index contributed by atoms with van der Waals surface area (Å²) in [6, 6.07) is 17.5. The van der Waals surface area contributed by atoms with Crippen molar-refractivity contribution in [1.82, 2.24) is 14.9 Å². The molecule has 3 aromatic heterocycles. The summed E-state index contributed by atoms with van der Waals surface area (Å²) >= 11 is 1.63. The van der Waals surface area contributed by atoms with Crippen LogP contribution >= 0.6 is 11.3 Å². The zero-order valence-corrected chi connectivity index (χ0v) is 15.7. The van der Waals surface area contributed by atoms with E-state index in [0.717, 1.165) is 27.2 Å². The third-order valence-electron chi connectivity index (χ3n) is 4.43. The first-order valence-electron chi connectivity index (χ1n) is 8.63. The van der Waals surface area contributed by atoms with Crippen molar-refractivity contribution in [2.45, 2.75) is 13.1 Å². The molecule has 5 nitrogen and oxygen atoms in total. The first-order valence-corrected chi connectivity index (χ1v) is 9.51. The molecule has 0 aliphatic heterocycles. The number of thiophene rings is 1. The lowest BCUT2D eigenvalue weighted by Crippen LogP contribution is -2.26. The SMILES string of the molecule is COc1ccccc1Cn1c(C(=O)NCc2ccccn2)cc2sccc21. The number of fused-ring (bicyclic) bond motifs is 1. The number of benzene rings is 1. The number of ether oxygens (including phenoxy) is 1. The van der Waals surface area contributed by atoms with Gasteiger partial charge in [0.05, 0.1) is 36.1 Å². The summed E-state index contributed by atoms with van der Waals surface area (Å²) in [7, 11) is 1.66. The van der Waals surface area contributed by atoms with E-state index in [2.05, 4.69) is 10.3 Å². The summed E-state index contributed by atoms with van der Waals surface area (Å²) in [5.74, 6) is 0.702. The molecule has 3 heterocycles. The van der Waals surface area contributed by atoms with E-state index in [0.29, 0.717) is 18.8 Å². The number of hydrogen-bond donors (Lipinski definition) is 1. The largest absolute Gasteiger partial charge is 0.496 e. The Kier molecular flexibility index (Phi) is 4.89. The van der Waals surface area contributed by atoms with Crippen LogP contribution in [0.3, 0.4) is 0 Å². The van der Waals surface area contributed by atoms with Gasteiger partial charge in [0.2, 0.25) is 0 Å². The number of carbonyl (C=O) groups excluding carboxylic acids is 1. The molecule has 0 saturated heterocycles. The van der Waals surface area contributed by atoms with Gasteiger partial charge in [0.15, 0.2) is 0 Å². The van der Waals surface area contributed by atoms with Crippen LogP contribution in [0.25, 0.3) is 10.2 Å². The van der Waals surface area contributed by atoms with E-state index in [1.807, 2.05) is 64.5 Å². The Morgan fingerprint density at radius 3 is 2.85 bits per heavy atom. The van der Waals surface area contributed by atoms with Gasteiger partial charge in [-0.3, -0.25) is 9.78 Å². The van der Waals surface area contributed by atoms with Crippen molar-refractivity contribution >= 4 is 27.5 Å². The Balaban J connectivity index is 1.64. The number of nitrogens with one attached hydrogen (secondary N) is 1.